The molecule has 1 aromatic carbocycles. The number of hydrogen-bond acceptors (Lipinski definition) is 3. The van der Waals surface area contributed by atoms with Gasteiger partial charge in [-0.15, -0.1) is 0 Å². The van der Waals surface area contributed by atoms with Gasteiger partial charge < -0.3 is 9.64 Å². The quantitative estimate of drug-likeness (QED) is 0.855. The lowest BCUT2D eigenvalue weighted by Crippen LogP contribution is -2.41. The Balaban J connectivity index is 2.12. The summed E-state index contributed by atoms with van der Waals surface area (Å²) in [6.07, 6.45) is 0.748. The molecule has 0 aliphatic rings. The van der Waals surface area contributed by atoms with E-state index in [4.69, 9.17) is 4.74 Å². The summed E-state index contributed by atoms with van der Waals surface area (Å²) < 4.78 is 5.30. The van der Waals surface area contributed by atoms with Crippen LogP contribution in [0, 0.1) is 0 Å². The van der Waals surface area contributed by atoms with Crippen LogP contribution in [0.5, 0.6) is 0 Å². The van der Waals surface area contributed by atoms with Crippen LogP contribution in [0.2, 0.25) is 0 Å². The Hall–Kier alpha value is -2.14. The van der Waals surface area contributed by atoms with Gasteiger partial charge in [0, 0.05) is 19.9 Å². The standard InChI is InChI=1S/C18H25N3O2/c1-13(2)16-11-17(20-19-16)18(22)21(3)15(12-23-4)10-14-8-6-5-7-9-14/h5-9,11,13,15H,10,12H2,1-4H3,(H,19,20)/t15-/m1/s1. The lowest BCUT2D eigenvalue weighted by atomic mass is 10.0. The molecule has 1 amide bonds. The molecule has 1 heterocycles. The SMILES string of the molecule is COC[C@@H](Cc1ccccc1)N(C)C(=O)c1cc(C(C)C)[nH]n1. The van der Waals surface area contributed by atoms with Crippen molar-refractivity contribution in [3.63, 3.8) is 0 Å². The minimum absolute atomic E-state index is 0.0332. The lowest BCUT2D eigenvalue weighted by molar-refractivity contribution is 0.0599. The van der Waals surface area contributed by atoms with Gasteiger partial charge in [0.1, 0.15) is 5.69 Å². The number of aromatic nitrogens is 2. The molecule has 0 saturated carbocycles. The van der Waals surface area contributed by atoms with Crippen LogP contribution in [0.25, 0.3) is 0 Å². The zero-order valence-electron chi connectivity index (χ0n) is 14.2. The van der Waals surface area contributed by atoms with Crippen LogP contribution >= 0.6 is 0 Å². The largest absolute Gasteiger partial charge is 0.383 e. The second-order valence-electron chi connectivity index (χ2n) is 6.08. The molecule has 5 nitrogen and oxygen atoms in total. The smallest absolute Gasteiger partial charge is 0.274 e. The summed E-state index contributed by atoms with van der Waals surface area (Å²) in [7, 11) is 3.46. The monoisotopic (exact) mass is 315 g/mol. The number of likely N-dealkylation sites (N-methyl/N-ethyl adjacent to an activating group) is 1. The Labute approximate surface area is 137 Å². The van der Waals surface area contributed by atoms with Gasteiger partial charge in [-0.25, -0.2) is 0 Å². The van der Waals surface area contributed by atoms with Crippen LogP contribution in [0.15, 0.2) is 36.4 Å². The predicted octanol–water partition coefficient (Wildman–Crippen LogP) is 2.86. The van der Waals surface area contributed by atoms with E-state index in [0.717, 1.165) is 12.1 Å². The molecule has 0 radical (unpaired) electrons. The topological polar surface area (TPSA) is 58.2 Å². The fourth-order valence-corrected chi connectivity index (χ4v) is 2.47. The maximum Gasteiger partial charge on any atom is 0.274 e. The van der Waals surface area contributed by atoms with Gasteiger partial charge in [-0.1, -0.05) is 44.2 Å². The molecule has 0 aliphatic carbocycles. The third kappa shape index (κ3) is 4.42. The van der Waals surface area contributed by atoms with Crippen molar-refractivity contribution in [3.8, 4) is 0 Å². The fraction of sp³-hybridized carbons (Fsp3) is 0.444. The highest BCUT2D eigenvalue weighted by Gasteiger charge is 2.23. The van der Waals surface area contributed by atoms with Gasteiger partial charge in [-0.05, 0) is 24.0 Å². The van der Waals surface area contributed by atoms with Crippen LogP contribution in [0.4, 0.5) is 0 Å². The number of rotatable bonds is 7. The van der Waals surface area contributed by atoms with E-state index in [9.17, 15) is 4.79 Å². The summed E-state index contributed by atoms with van der Waals surface area (Å²) in [5.41, 5.74) is 2.59. The van der Waals surface area contributed by atoms with Crippen molar-refractivity contribution in [1.82, 2.24) is 15.1 Å². The van der Waals surface area contributed by atoms with Gasteiger partial charge in [-0.2, -0.15) is 5.10 Å². The van der Waals surface area contributed by atoms with Crippen molar-refractivity contribution in [2.24, 2.45) is 0 Å². The van der Waals surface area contributed by atoms with Crippen molar-refractivity contribution in [2.75, 3.05) is 20.8 Å². The van der Waals surface area contributed by atoms with Crippen LogP contribution in [-0.4, -0.2) is 47.8 Å². The third-order valence-corrected chi connectivity index (χ3v) is 3.98. The maximum atomic E-state index is 12.7. The van der Waals surface area contributed by atoms with E-state index >= 15 is 0 Å². The van der Waals surface area contributed by atoms with Gasteiger partial charge in [0.15, 0.2) is 0 Å². The lowest BCUT2D eigenvalue weighted by Gasteiger charge is -2.27. The molecule has 0 unspecified atom stereocenters. The Morgan fingerprint density at radius 1 is 1.30 bits per heavy atom. The number of amides is 1. The Morgan fingerprint density at radius 3 is 2.57 bits per heavy atom. The summed E-state index contributed by atoms with van der Waals surface area (Å²) in [6, 6.07) is 11.9. The normalized spacial score (nSPS) is 12.4. The average Bonchev–Trinajstić information content (AvgIpc) is 3.04. The highest BCUT2D eigenvalue weighted by atomic mass is 16.5. The van der Waals surface area contributed by atoms with Crippen LogP contribution in [0.1, 0.15) is 41.5 Å². The van der Waals surface area contributed by atoms with Crippen LogP contribution in [-0.2, 0) is 11.2 Å². The summed E-state index contributed by atoms with van der Waals surface area (Å²) >= 11 is 0. The van der Waals surface area contributed by atoms with E-state index in [0.29, 0.717) is 18.2 Å². The number of nitrogens with one attached hydrogen (secondary N) is 1. The molecule has 2 rings (SSSR count). The van der Waals surface area contributed by atoms with E-state index in [1.54, 1.807) is 19.1 Å². The van der Waals surface area contributed by atoms with E-state index in [1.165, 1.54) is 5.56 Å². The number of ether oxygens (including phenoxy) is 1. The second-order valence-corrected chi connectivity index (χ2v) is 6.08. The summed E-state index contributed by atoms with van der Waals surface area (Å²) in [4.78, 5) is 14.4. The van der Waals surface area contributed by atoms with Gasteiger partial charge in [-0.3, -0.25) is 9.89 Å². The van der Waals surface area contributed by atoms with Gasteiger partial charge in [0.25, 0.3) is 5.91 Å². The Kier molecular flexibility index (Phi) is 5.93. The van der Waals surface area contributed by atoms with Crippen molar-refractivity contribution >= 4 is 5.91 Å². The van der Waals surface area contributed by atoms with E-state index in [-0.39, 0.29) is 11.9 Å². The van der Waals surface area contributed by atoms with E-state index in [2.05, 4.69) is 36.2 Å². The minimum Gasteiger partial charge on any atom is -0.383 e. The molecule has 0 aliphatic heterocycles. The van der Waals surface area contributed by atoms with Crippen LogP contribution in [0.3, 0.4) is 0 Å². The molecule has 124 valence electrons. The van der Waals surface area contributed by atoms with Gasteiger partial charge >= 0.3 is 0 Å². The summed E-state index contributed by atoms with van der Waals surface area (Å²) in [6.45, 7) is 4.61. The molecule has 0 bridgehead atoms. The van der Waals surface area contributed by atoms with Crippen LogP contribution < -0.4 is 0 Å². The molecule has 0 saturated heterocycles. The minimum atomic E-state index is -0.0915. The molecule has 1 atom stereocenters. The molecule has 23 heavy (non-hydrogen) atoms. The number of nitrogens with zero attached hydrogens (tertiary/aromatic N) is 2. The maximum absolute atomic E-state index is 12.7. The molecule has 1 N–H and O–H groups in total. The second kappa shape index (κ2) is 7.92. The Bertz CT molecular complexity index is 622. The van der Waals surface area contributed by atoms with Gasteiger partial charge in [0.2, 0.25) is 0 Å². The molecule has 0 fully saturated rings. The molecule has 5 heteroatoms. The van der Waals surface area contributed by atoms with Crippen molar-refractivity contribution < 1.29 is 9.53 Å². The van der Waals surface area contributed by atoms with Crippen molar-refractivity contribution in [3.05, 3.63) is 53.3 Å². The summed E-state index contributed by atoms with van der Waals surface area (Å²) in [5.74, 6) is 0.222. The number of H-pyrrole nitrogens is 1. The van der Waals surface area contributed by atoms with E-state index in [1.807, 2.05) is 24.3 Å². The number of benzene rings is 1. The number of carbonyl (C=O) groups is 1. The first-order valence-corrected chi connectivity index (χ1v) is 7.88. The van der Waals surface area contributed by atoms with Crippen molar-refractivity contribution in [2.45, 2.75) is 32.2 Å². The van der Waals surface area contributed by atoms with Crippen molar-refractivity contribution in [1.29, 1.82) is 0 Å². The number of aromatic amines is 1. The first-order valence-electron chi connectivity index (χ1n) is 7.88. The van der Waals surface area contributed by atoms with Gasteiger partial charge in [0.05, 0.1) is 12.6 Å². The number of hydrogen-bond donors (Lipinski definition) is 1. The summed E-state index contributed by atoms with van der Waals surface area (Å²) in [5, 5.41) is 7.08. The highest BCUT2D eigenvalue weighted by molar-refractivity contribution is 5.92. The zero-order valence-corrected chi connectivity index (χ0v) is 14.2. The third-order valence-electron chi connectivity index (χ3n) is 3.98. The average molecular weight is 315 g/mol. The molecular formula is C18H25N3O2. The number of carbonyl (C=O) groups excluding carboxylic acids is 1. The molecule has 0 spiro atoms. The Morgan fingerprint density at radius 2 is 2.00 bits per heavy atom. The fourth-order valence-electron chi connectivity index (χ4n) is 2.47. The molecular weight excluding hydrogens is 290 g/mol. The predicted molar refractivity (Wildman–Crippen MR) is 90.6 cm³/mol. The zero-order chi connectivity index (χ0) is 16.8. The van der Waals surface area contributed by atoms with E-state index < -0.39 is 0 Å². The highest BCUT2D eigenvalue weighted by Crippen LogP contribution is 2.15. The molecule has 2 aromatic rings. The first kappa shape index (κ1) is 17.2. The first-order chi connectivity index (χ1) is 11.0. The molecule has 1 aromatic heterocycles. The number of methoxy groups -OCH3 is 1.